The largest absolute Gasteiger partial charge is 0.475 e. The van der Waals surface area contributed by atoms with Crippen LogP contribution in [-0.4, -0.2) is 19.0 Å². The highest BCUT2D eigenvalue weighted by Crippen LogP contribution is 2.30. The highest BCUT2D eigenvalue weighted by molar-refractivity contribution is 6.02. The molecule has 4 rings (SSSR count). The topological polar surface area (TPSA) is 21.6 Å². The zero-order valence-electron chi connectivity index (χ0n) is 12.8. The van der Waals surface area contributed by atoms with Gasteiger partial charge in [0.1, 0.15) is 6.61 Å². The SMILES string of the molecule is c1ccc(-c2ccc(-c3ccccc3)c(C3=NCCO3)c2)cc1. The number of nitrogens with zero attached hydrogens (tertiary/aromatic N) is 1. The lowest BCUT2D eigenvalue weighted by Crippen LogP contribution is -2.04. The van der Waals surface area contributed by atoms with Crippen molar-refractivity contribution in [2.24, 2.45) is 4.99 Å². The lowest BCUT2D eigenvalue weighted by Gasteiger charge is -2.12. The molecule has 0 bridgehead atoms. The number of ether oxygens (including phenoxy) is 1. The maximum Gasteiger partial charge on any atom is 0.216 e. The molecule has 0 atom stereocenters. The molecule has 1 aliphatic heterocycles. The summed E-state index contributed by atoms with van der Waals surface area (Å²) in [6, 6.07) is 27.3. The average molecular weight is 299 g/mol. The Balaban J connectivity index is 1.87. The van der Waals surface area contributed by atoms with E-state index in [-0.39, 0.29) is 0 Å². The molecule has 0 radical (unpaired) electrons. The van der Waals surface area contributed by atoms with Crippen LogP contribution in [0.15, 0.2) is 83.9 Å². The van der Waals surface area contributed by atoms with E-state index in [2.05, 4.69) is 71.7 Å². The Morgan fingerprint density at radius 1 is 0.652 bits per heavy atom. The molecule has 2 nitrogen and oxygen atoms in total. The molecular formula is C21H17NO. The van der Waals surface area contributed by atoms with Crippen molar-refractivity contribution in [3.8, 4) is 22.3 Å². The van der Waals surface area contributed by atoms with Gasteiger partial charge in [0.05, 0.1) is 6.54 Å². The molecule has 112 valence electrons. The minimum Gasteiger partial charge on any atom is -0.475 e. The van der Waals surface area contributed by atoms with Crippen LogP contribution in [0.1, 0.15) is 5.56 Å². The van der Waals surface area contributed by atoms with Crippen LogP contribution >= 0.6 is 0 Å². The first-order valence-electron chi connectivity index (χ1n) is 7.84. The van der Waals surface area contributed by atoms with E-state index < -0.39 is 0 Å². The van der Waals surface area contributed by atoms with E-state index in [4.69, 9.17) is 4.74 Å². The van der Waals surface area contributed by atoms with Gasteiger partial charge >= 0.3 is 0 Å². The summed E-state index contributed by atoms with van der Waals surface area (Å²) in [6.45, 7) is 1.40. The fraction of sp³-hybridized carbons (Fsp3) is 0.0952. The standard InChI is InChI=1S/C21H17NO/c1-3-7-16(8-4-1)18-11-12-19(17-9-5-2-6-10-17)20(15-18)21-22-13-14-23-21/h1-12,15H,13-14H2. The number of hydrogen-bond donors (Lipinski definition) is 0. The number of benzene rings is 3. The summed E-state index contributed by atoms with van der Waals surface area (Å²) in [5, 5.41) is 0. The van der Waals surface area contributed by atoms with E-state index in [0.29, 0.717) is 6.61 Å². The summed E-state index contributed by atoms with van der Waals surface area (Å²) in [5.74, 6) is 0.752. The highest BCUT2D eigenvalue weighted by atomic mass is 16.5. The monoisotopic (exact) mass is 299 g/mol. The predicted molar refractivity (Wildman–Crippen MR) is 94.7 cm³/mol. The van der Waals surface area contributed by atoms with Gasteiger partial charge in [-0.1, -0.05) is 72.8 Å². The van der Waals surface area contributed by atoms with Gasteiger partial charge < -0.3 is 4.74 Å². The second-order valence-electron chi connectivity index (χ2n) is 5.53. The van der Waals surface area contributed by atoms with Crippen molar-refractivity contribution in [2.75, 3.05) is 13.2 Å². The first-order chi connectivity index (χ1) is 11.4. The minimum absolute atomic E-state index is 0.666. The zero-order chi connectivity index (χ0) is 15.5. The molecule has 0 spiro atoms. The Bertz CT molecular complexity index is 838. The quantitative estimate of drug-likeness (QED) is 0.681. The van der Waals surface area contributed by atoms with Crippen LogP contribution in [-0.2, 0) is 4.74 Å². The molecule has 1 aliphatic rings. The summed E-state index contributed by atoms with van der Waals surface area (Å²) in [4.78, 5) is 4.52. The Kier molecular flexibility index (Phi) is 3.65. The number of aliphatic imine (C=N–C) groups is 1. The van der Waals surface area contributed by atoms with E-state index in [1.807, 2.05) is 12.1 Å². The van der Waals surface area contributed by atoms with Gasteiger partial charge in [0.25, 0.3) is 0 Å². The van der Waals surface area contributed by atoms with Gasteiger partial charge in [-0.05, 0) is 28.3 Å². The average Bonchev–Trinajstić information content (AvgIpc) is 3.17. The van der Waals surface area contributed by atoms with Crippen molar-refractivity contribution in [1.29, 1.82) is 0 Å². The van der Waals surface area contributed by atoms with Crippen LogP contribution in [0.2, 0.25) is 0 Å². The summed E-state index contributed by atoms with van der Waals surface area (Å²) in [7, 11) is 0. The van der Waals surface area contributed by atoms with Crippen LogP contribution in [0, 0.1) is 0 Å². The summed E-state index contributed by atoms with van der Waals surface area (Å²) >= 11 is 0. The molecule has 0 aliphatic carbocycles. The van der Waals surface area contributed by atoms with Crippen LogP contribution in [0.4, 0.5) is 0 Å². The maximum atomic E-state index is 5.74. The Morgan fingerprint density at radius 2 is 1.35 bits per heavy atom. The van der Waals surface area contributed by atoms with Crippen molar-refractivity contribution in [2.45, 2.75) is 0 Å². The van der Waals surface area contributed by atoms with E-state index in [0.717, 1.165) is 23.6 Å². The third kappa shape index (κ3) is 2.76. The van der Waals surface area contributed by atoms with Gasteiger partial charge in [0.2, 0.25) is 5.90 Å². The van der Waals surface area contributed by atoms with Gasteiger partial charge in [0, 0.05) is 5.56 Å². The van der Waals surface area contributed by atoms with Crippen LogP contribution in [0.3, 0.4) is 0 Å². The first-order valence-corrected chi connectivity index (χ1v) is 7.84. The van der Waals surface area contributed by atoms with E-state index in [1.54, 1.807) is 0 Å². The van der Waals surface area contributed by atoms with E-state index in [1.165, 1.54) is 16.7 Å². The number of hydrogen-bond acceptors (Lipinski definition) is 2. The van der Waals surface area contributed by atoms with Crippen LogP contribution in [0.5, 0.6) is 0 Å². The fourth-order valence-corrected chi connectivity index (χ4v) is 2.90. The molecule has 0 aromatic heterocycles. The molecule has 2 heteroatoms. The molecule has 3 aromatic rings. The van der Waals surface area contributed by atoms with Gasteiger partial charge in [-0.2, -0.15) is 0 Å². The van der Waals surface area contributed by atoms with Gasteiger partial charge in [0.15, 0.2) is 0 Å². The molecule has 0 N–H and O–H groups in total. The summed E-state index contributed by atoms with van der Waals surface area (Å²) in [5.41, 5.74) is 5.78. The predicted octanol–water partition coefficient (Wildman–Crippen LogP) is 4.80. The van der Waals surface area contributed by atoms with Crippen molar-refractivity contribution in [1.82, 2.24) is 0 Å². The van der Waals surface area contributed by atoms with Gasteiger partial charge in [-0.3, -0.25) is 0 Å². The third-order valence-electron chi connectivity index (χ3n) is 4.03. The molecule has 0 unspecified atom stereocenters. The summed E-state index contributed by atoms with van der Waals surface area (Å²) < 4.78 is 5.74. The lowest BCUT2D eigenvalue weighted by molar-refractivity contribution is 0.348. The molecule has 3 aromatic carbocycles. The minimum atomic E-state index is 0.666. The van der Waals surface area contributed by atoms with Gasteiger partial charge in [-0.25, -0.2) is 4.99 Å². The molecule has 1 heterocycles. The van der Waals surface area contributed by atoms with Crippen LogP contribution < -0.4 is 0 Å². The summed E-state index contributed by atoms with van der Waals surface area (Å²) in [6.07, 6.45) is 0. The molecule has 0 amide bonds. The van der Waals surface area contributed by atoms with Crippen molar-refractivity contribution in [3.05, 3.63) is 84.4 Å². The second-order valence-corrected chi connectivity index (χ2v) is 5.53. The third-order valence-corrected chi connectivity index (χ3v) is 4.03. The van der Waals surface area contributed by atoms with Gasteiger partial charge in [-0.15, -0.1) is 0 Å². The Hall–Kier alpha value is -2.87. The van der Waals surface area contributed by atoms with Crippen molar-refractivity contribution in [3.63, 3.8) is 0 Å². The van der Waals surface area contributed by atoms with E-state index in [9.17, 15) is 0 Å². The smallest absolute Gasteiger partial charge is 0.216 e. The van der Waals surface area contributed by atoms with Crippen LogP contribution in [0.25, 0.3) is 22.3 Å². The molecule has 0 saturated carbocycles. The number of rotatable bonds is 3. The fourth-order valence-electron chi connectivity index (χ4n) is 2.90. The van der Waals surface area contributed by atoms with Crippen molar-refractivity contribution < 1.29 is 4.74 Å². The molecular weight excluding hydrogens is 282 g/mol. The Labute approximate surface area is 136 Å². The zero-order valence-corrected chi connectivity index (χ0v) is 12.8. The molecule has 23 heavy (non-hydrogen) atoms. The maximum absolute atomic E-state index is 5.74. The van der Waals surface area contributed by atoms with Crippen molar-refractivity contribution >= 4 is 5.90 Å². The second kappa shape index (κ2) is 6.09. The highest BCUT2D eigenvalue weighted by Gasteiger charge is 2.16. The Morgan fingerprint density at radius 3 is 2.00 bits per heavy atom. The lowest BCUT2D eigenvalue weighted by atomic mass is 9.95. The molecule has 0 saturated heterocycles. The molecule has 0 fully saturated rings. The normalized spacial score (nSPS) is 13.5. The first kappa shape index (κ1) is 13.8. The van der Waals surface area contributed by atoms with E-state index >= 15 is 0 Å².